The van der Waals surface area contributed by atoms with Crippen LogP contribution in [-0.2, 0) is 11.3 Å². The average molecular weight is 410 g/mol. The Bertz CT molecular complexity index is 822. The van der Waals surface area contributed by atoms with E-state index in [4.69, 9.17) is 13.9 Å². The zero-order chi connectivity index (χ0) is 20.6. The van der Waals surface area contributed by atoms with Crippen LogP contribution < -0.4 is 9.47 Å². The maximum Gasteiger partial charge on any atom is 0.261 e. The second-order valence-corrected chi connectivity index (χ2v) is 9.39. The van der Waals surface area contributed by atoms with Crippen LogP contribution in [0.2, 0.25) is 0 Å². The summed E-state index contributed by atoms with van der Waals surface area (Å²) in [4.78, 5) is 15.6. The Morgan fingerprint density at radius 3 is 2.13 bits per heavy atom. The van der Waals surface area contributed by atoms with Crippen molar-refractivity contribution in [2.45, 2.75) is 57.5 Å². The predicted molar refractivity (Wildman–Crippen MR) is 113 cm³/mol. The van der Waals surface area contributed by atoms with Crippen molar-refractivity contribution in [1.82, 2.24) is 4.90 Å². The summed E-state index contributed by atoms with van der Waals surface area (Å²) in [5, 5.41) is 0. The average Bonchev–Trinajstić information content (AvgIpc) is 3.24. The molecule has 1 amide bonds. The molecule has 1 aromatic heterocycles. The van der Waals surface area contributed by atoms with Crippen LogP contribution in [0.4, 0.5) is 0 Å². The van der Waals surface area contributed by atoms with Gasteiger partial charge >= 0.3 is 0 Å². The van der Waals surface area contributed by atoms with E-state index in [1.165, 1.54) is 19.3 Å². The molecule has 0 saturated heterocycles. The molecular formula is C25H31NO4. The van der Waals surface area contributed by atoms with E-state index in [1.807, 2.05) is 43.3 Å². The smallest absolute Gasteiger partial charge is 0.261 e. The second kappa shape index (κ2) is 8.01. The van der Waals surface area contributed by atoms with Crippen molar-refractivity contribution < 1.29 is 18.7 Å². The molecule has 160 valence electrons. The molecule has 5 nitrogen and oxygen atoms in total. The minimum absolute atomic E-state index is 0.0270. The topological polar surface area (TPSA) is 51.9 Å². The zero-order valence-corrected chi connectivity index (χ0v) is 17.7. The number of carbonyl (C=O) groups excluding carboxylic acids is 1. The summed E-state index contributed by atoms with van der Waals surface area (Å²) >= 11 is 0. The van der Waals surface area contributed by atoms with E-state index in [0.717, 1.165) is 48.5 Å². The summed E-state index contributed by atoms with van der Waals surface area (Å²) in [5.74, 6) is 4.72. The Morgan fingerprint density at radius 2 is 1.60 bits per heavy atom. The van der Waals surface area contributed by atoms with Crippen molar-refractivity contribution in [3.05, 3.63) is 48.4 Å². The lowest BCUT2D eigenvalue weighted by Crippen LogP contribution is -2.61. The van der Waals surface area contributed by atoms with Crippen molar-refractivity contribution >= 4 is 5.91 Å². The first-order valence-corrected chi connectivity index (χ1v) is 11.3. The van der Waals surface area contributed by atoms with Crippen molar-refractivity contribution in [1.29, 1.82) is 0 Å². The molecule has 0 spiro atoms. The number of benzene rings is 1. The van der Waals surface area contributed by atoms with Crippen LogP contribution in [0.3, 0.4) is 0 Å². The Hall–Kier alpha value is -2.43. The van der Waals surface area contributed by atoms with Gasteiger partial charge in [-0.15, -0.1) is 0 Å². The SMILES string of the molecule is CCOc1ccc(OCC(=O)N(Cc2ccco2)C23CC4CC(CC(C4)C2)C3)cc1. The third-order valence-electron chi connectivity index (χ3n) is 7.27. The third kappa shape index (κ3) is 3.82. The van der Waals surface area contributed by atoms with Gasteiger partial charge in [0, 0.05) is 5.54 Å². The van der Waals surface area contributed by atoms with Crippen LogP contribution in [-0.4, -0.2) is 29.6 Å². The second-order valence-electron chi connectivity index (χ2n) is 9.39. The van der Waals surface area contributed by atoms with E-state index < -0.39 is 0 Å². The van der Waals surface area contributed by atoms with Gasteiger partial charge in [-0.05, 0) is 99.6 Å². The lowest BCUT2D eigenvalue weighted by molar-refractivity contribution is -0.155. The Labute approximate surface area is 178 Å². The molecule has 4 aliphatic rings. The van der Waals surface area contributed by atoms with Gasteiger partial charge in [-0.25, -0.2) is 0 Å². The van der Waals surface area contributed by atoms with E-state index >= 15 is 0 Å². The number of furan rings is 1. The molecule has 0 aliphatic heterocycles. The molecule has 30 heavy (non-hydrogen) atoms. The quantitative estimate of drug-likeness (QED) is 0.612. The van der Waals surface area contributed by atoms with Crippen molar-refractivity contribution in [2.75, 3.05) is 13.2 Å². The maximum atomic E-state index is 13.5. The molecular weight excluding hydrogens is 378 g/mol. The molecule has 6 rings (SSSR count). The van der Waals surface area contributed by atoms with Gasteiger partial charge in [0.1, 0.15) is 17.3 Å². The number of carbonyl (C=O) groups is 1. The Balaban J connectivity index is 1.32. The largest absolute Gasteiger partial charge is 0.494 e. The van der Waals surface area contributed by atoms with Gasteiger partial charge in [-0.3, -0.25) is 4.79 Å². The Kier molecular flexibility index (Phi) is 5.21. The molecule has 0 atom stereocenters. The number of hydrogen-bond donors (Lipinski definition) is 0. The van der Waals surface area contributed by atoms with E-state index in [2.05, 4.69) is 4.90 Å². The van der Waals surface area contributed by atoms with E-state index in [1.54, 1.807) is 6.26 Å². The summed E-state index contributed by atoms with van der Waals surface area (Å²) < 4.78 is 17.0. The summed E-state index contributed by atoms with van der Waals surface area (Å²) in [6, 6.07) is 11.3. The van der Waals surface area contributed by atoms with Crippen LogP contribution in [0.5, 0.6) is 11.5 Å². The minimum Gasteiger partial charge on any atom is -0.494 e. The molecule has 4 fully saturated rings. The lowest BCUT2D eigenvalue weighted by Gasteiger charge is -2.60. The first-order valence-electron chi connectivity index (χ1n) is 11.3. The number of amides is 1. The van der Waals surface area contributed by atoms with Gasteiger partial charge in [0.2, 0.25) is 0 Å². The van der Waals surface area contributed by atoms with Crippen LogP contribution in [0.1, 0.15) is 51.2 Å². The highest BCUT2D eigenvalue weighted by molar-refractivity contribution is 5.78. The number of rotatable bonds is 8. The highest BCUT2D eigenvalue weighted by atomic mass is 16.5. The normalized spacial score (nSPS) is 29.0. The molecule has 4 aliphatic carbocycles. The molecule has 0 unspecified atom stereocenters. The summed E-state index contributed by atoms with van der Waals surface area (Å²) in [5.41, 5.74) is -0.0270. The van der Waals surface area contributed by atoms with Gasteiger partial charge in [0.15, 0.2) is 6.61 Å². The fraction of sp³-hybridized carbons (Fsp3) is 0.560. The van der Waals surface area contributed by atoms with Crippen molar-refractivity contribution in [2.24, 2.45) is 17.8 Å². The number of nitrogens with zero attached hydrogens (tertiary/aromatic N) is 1. The van der Waals surface area contributed by atoms with Crippen molar-refractivity contribution in [3.8, 4) is 11.5 Å². The molecule has 0 N–H and O–H groups in total. The van der Waals surface area contributed by atoms with E-state index in [0.29, 0.717) is 18.9 Å². The van der Waals surface area contributed by atoms with Gasteiger partial charge in [0.05, 0.1) is 19.4 Å². The van der Waals surface area contributed by atoms with Gasteiger partial charge in [-0.2, -0.15) is 0 Å². The monoisotopic (exact) mass is 409 g/mol. The maximum absolute atomic E-state index is 13.5. The molecule has 1 heterocycles. The highest BCUT2D eigenvalue weighted by Gasteiger charge is 2.54. The first kappa shape index (κ1) is 19.5. The molecule has 4 bridgehead atoms. The highest BCUT2D eigenvalue weighted by Crippen LogP contribution is 2.58. The molecule has 0 radical (unpaired) electrons. The summed E-state index contributed by atoms with van der Waals surface area (Å²) in [6.07, 6.45) is 9.14. The van der Waals surface area contributed by atoms with Gasteiger partial charge in [0.25, 0.3) is 5.91 Å². The van der Waals surface area contributed by atoms with Crippen LogP contribution in [0.15, 0.2) is 47.1 Å². The molecule has 2 aromatic rings. The Morgan fingerprint density at radius 1 is 1.00 bits per heavy atom. The van der Waals surface area contributed by atoms with Crippen LogP contribution in [0, 0.1) is 17.8 Å². The third-order valence-corrected chi connectivity index (χ3v) is 7.27. The van der Waals surface area contributed by atoms with E-state index in [-0.39, 0.29) is 18.1 Å². The number of hydrogen-bond acceptors (Lipinski definition) is 4. The van der Waals surface area contributed by atoms with Crippen LogP contribution >= 0.6 is 0 Å². The first-order chi connectivity index (χ1) is 14.6. The van der Waals surface area contributed by atoms with E-state index in [9.17, 15) is 4.79 Å². The zero-order valence-electron chi connectivity index (χ0n) is 17.7. The number of ether oxygens (including phenoxy) is 2. The summed E-state index contributed by atoms with van der Waals surface area (Å²) in [7, 11) is 0. The fourth-order valence-corrected chi connectivity index (χ4v) is 6.50. The van der Waals surface area contributed by atoms with Crippen molar-refractivity contribution in [3.63, 3.8) is 0 Å². The molecule has 1 aromatic carbocycles. The van der Waals surface area contributed by atoms with Gasteiger partial charge < -0.3 is 18.8 Å². The molecule has 5 heteroatoms. The fourth-order valence-electron chi connectivity index (χ4n) is 6.50. The minimum atomic E-state index is -0.0270. The molecule has 4 saturated carbocycles. The summed E-state index contributed by atoms with van der Waals surface area (Å²) in [6.45, 7) is 3.17. The standard InChI is InChI=1S/C25H31NO4/c1-2-28-21-5-7-22(8-6-21)30-17-24(27)26(16-23-4-3-9-29-23)25-13-18-10-19(14-25)12-20(11-18)15-25/h3-9,18-20H,2,10-17H2,1H3. The van der Waals surface area contributed by atoms with Gasteiger partial charge in [-0.1, -0.05) is 0 Å². The predicted octanol–water partition coefficient (Wildman–Crippen LogP) is 5.05. The lowest BCUT2D eigenvalue weighted by atomic mass is 9.52. The van der Waals surface area contributed by atoms with Crippen LogP contribution in [0.25, 0.3) is 0 Å².